The number of carbonyl (C=O) groups is 2. The summed E-state index contributed by atoms with van der Waals surface area (Å²) in [6.45, 7) is 0.214. The van der Waals surface area contributed by atoms with Crippen LogP contribution in [0.25, 0.3) is 5.69 Å². The standard InChI is InChI=1S/C15H16N4O4/c1-23-11-7-12(15(21)22)18(8-11)14(20)13-16-9-19(17-13)10-5-3-2-4-6-10/h2-6,9,11-12H,7-8H2,1H3,(H,21,22). The molecule has 1 aromatic heterocycles. The number of benzene rings is 1. The Morgan fingerprint density at radius 1 is 1.30 bits per heavy atom. The Morgan fingerprint density at radius 3 is 2.70 bits per heavy atom. The highest BCUT2D eigenvalue weighted by Crippen LogP contribution is 2.22. The highest BCUT2D eigenvalue weighted by atomic mass is 16.5. The fraction of sp³-hybridized carbons (Fsp3) is 0.333. The summed E-state index contributed by atoms with van der Waals surface area (Å²) < 4.78 is 6.66. The molecular formula is C15H16N4O4. The summed E-state index contributed by atoms with van der Waals surface area (Å²) in [7, 11) is 1.50. The maximum absolute atomic E-state index is 12.5. The van der Waals surface area contributed by atoms with Crippen LogP contribution in [0.1, 0.15) is 17.0 Å². The zero-order chi connectivity index (χ0) is 16.4. The third-order valence-corrected chi connectivity index (χ3v) is 3.85. The summed E-state index contributed by atoms with van der Waals surface area (Å²) in [6, 6.07) is 8.32. The molecule has 0 bridgehead atoms. The average molecular weight is 316 g/mol. The summed E-state index contributed by atoms with van der Waals surface area (Å²) in [5.74, 6) is -1.59. The Bertz CT molecular complexity index is 715. The first-order valence-electron chi connectivity index (χ1n) is 7.14. The van der Waals surface area contributed by atoms with Gasteiger partial charge in [0, 0.05) is 20.1 Å². The molecule has 0 saturated carbocycles. The Labute approximate surface area is 132 Å². The molecule has 0 aliphatic carbocycles. The van der Waals surface area contributed by atoms with Crippen LogP contribution in [0, 0.1) is 0 Å². The zero-order valence-corrected chi connectivity index (χ0v) is 12.5. The number of carboxylic acid groups (broad SMARTS) is 1. The van der Waals surface area contributed by atoms with E-state index in [-0.39, 0.29) is 24.9 Å². The second-order valence-corrected chi connectivity index (χ2v) is 5.25. The van der Waals surface area contributed by atoms with Gasteiger partial charge in [-0.3, -0.25) is 4.79 Å². The molecule has 2 unspecified atom stereocenters. The summed E-state index contributed by atoms with van der Waals surface area (Å²) in [4.78, 5) is 29.1. The predicted molar refractivity (Wildman–Crippen MR) is 79.2 cm³/mol. The minimum Gasteiger partial charge on any atom is -0.480 e. The molecule has 1 saturated heterocycles. The Hall–Kier alpha value is -2.74. The first kappa shape index (κ1) is 15.2. The fourth-order valence-electron chi connectivity index (χ4n) is 2.62. The zero-order valence-electron chi connectivity index (χ0n) is 12.5. The van der Waals surface area contributed by atoms with Crippen molar-refractivity contribution in [3.05, 3.63) is 42.5 Å². The largest absolute Gasteiger partial charge is 0.480 e. The van der Waals surface area contributed by atoms with Crippen LogP contribution in [0.4, 0.5) is 0 Å². The van der Waals surface area contributed by atoms with E-state index in [0.29, 0.717) is 0 Å². The highest BCUT2D eigenvalue weighted by molar-refractivity contribution is 5.94. The fourth-order valence-corrected chi connectivity index (χ4v) is 2.62. The lowest BCUT2D eigenvalue weighted by atomic mass is 10.2. The van der Waals surface area contributed by atoms with Crippen LogP contribution in [0.15, 0.2) is 36.7 Å². The quantitative estimate of drug-likeness (QED) is 0.886. The highest BCUT2D eigenvalue weighted by Gasteiger charge is 2.41. The first-order valence-corrected chi connectivity index (χ1v) is 7.14. The number of nitrogens with zero attached hydrogens (tertiary/aromatic N) is 4. The van der Waals surface area contributed by atoms with Gasteiger partial charge in [0.05, 0.1) is 11.8 Å². The van der Waals surface area contributed by atoms with Crippen LogP contribution in [0.5, 0.6) is 0 Å². The number of hydrogen-bond acceptors (Lipinski definition) is 5. The first-order chi connectivity index (χ1) is 11.1. The smallest absolute Gasteiger partial charge is 0.326 e. The van der Waals surface area contributed by atoms with Crippen LogP contribution in [-0.2, 0) is 9.53 Å². The molecular weight excluding hydrogens is 300 g/mol. The van der Waals surface area contributed by atoms with Crippen molar-refractivity contribution in [2.24, 2.45) is 0 Å². The lowest BCUT2D eigenvalue weighted by molar-refractivity contribution is -0.141. The predicted octanol–water partition coefficient (Wildman–Crippen LogP) is 0.581. The number of carbonyl (C=O) groups excluding carboxylic acids is 1. The third kappa shape index (κ3) is 2.93. The van der Waals surface area contributed by atoms with Gasteiger partial charge in [0.25, 0.3) is 5.91 Å². The average Bonchev–Trinajstić information content (AvgIpc) is 3.22. The number of aliphatic carboxylic acids is 1. The van der Waals surface area contributed by atoms with Gasteiger partial charge in [-0.05, 0) is 12.1 Å². The molecule has 23 heavy (non-hydrogen) atoms. The SMILES string of the molecule is COC1CC(C(=O)O)N(C(=O)c2ncn(-c3ccccc3)n2)C1. The Balaban J connectivity index is 1.83. The normalized spacial score (nSPS) is 20.7. The van der Waals surface area contributed by atoms with Crippen molar-refractivity contribution in [1.82, 2.24) is 19.7 Å². The Morgan fingerprint density at radius 2 is 2.04 bits per heavy atom. The molecule has 1 fully saturated rings. The van der Waals surface area contributed by atoms with Gasteiger partial charge >= 0.3 is 5.97 Å². The maximum Gasteiger partial charge on any atom is 0.326 e. The minimum atomic E-state index is -1.06. The van der Waals surface area contributed by atoms with E-state index >= 15 is 0 Å². The van der Waals surface area contributed by atoms with Gasteiger partial charge in [0.1, 0.15) is 12.4 Å². The van der Waals surface area contributed by atoms with Crippen LogP contribution in [0.2, 0.25) is 0 Å². The van der Waals surface area contributed by atoms with Crippen LogP contribution in [0.3, 0.4) is 0 Å². The van der Waals surface area contributed by atoms with Gasteiger partial charge in [-0.1, -0.05) is 18.2 Å². The molecule has 1 amide bonds. The van der Waals surface area contributed by atoms with E-state index in [1.54, 1.807) is 0 Å². The lowest BCUT2D eigenvalue weighted by Crippen LogP contribution is -2.41. The minimum absolute atomic E-state index is 0.0307. The van der Waals surface area contributed by atoms with E-state index in [1.807, 2.05) is 30.3 Å². The lowest BCUT2D eigenvalue weighted by Gasteiger charge is -2.19. The van der Waals surface area contributed by atoms with E-state index in [1.165, 1.54) is 23.0 Å². The summed E-state index contributed by atoms with van der Waals surface area (Å²) >= 11 is 0. The van der Waals surface area contributed by atoms with Crippen molar-refractivity contribution in [3.8, 4) is 5.69 Å². The molecule has 8 heteroatoms. The summed E-state index contributed by atoms with van der Waals surface area (Å²) in [5, 5.41) is 13.4. The van der Waals surface area contributed by atoms with Crippen molar-refractivity contribution in [1.29, 1.82) is 0 Å². The van der Waals surface area contributed by atoms with Crippen LogP contribution >= 0.6 is 0 Å². The van der Waals surface area contributed by atoms with E-state index in [0.717, 1.165) is 5.69 Å². The molecule has 8 nitrogen and oxygen atoms in total. The topological polar surface area (TPSA) is 97.5 Å². The van der Waals surface area contributed by atoms with E-state index in [9.17, 15) is 14.7 Å². The van der Waals surface area contributed by atoms with Gasteiger partial charge in [-0.15, -0.1) is 5.10 Å². The summed E-state index contributed by atoms with van der Waals surface area (Å²) in [6.07, 6.45) is 1.40. The number of para-hydroxylation sites is 1. The molecule has 1 aliphatic rings. The van der Waals surface area contributed by atoms with Gasteiger partial charge < -0.3 is 14.7 Å². The molecule has 0 radical (unpaired) electrons. The monoisotopic (exact) mass is 316 g/mol. The molecule has 120 valence electrons. The maximum atomic E-state index is 12.5. The second kappa shape index (κ2) is 6.17. The van der Waals surface area contributed by atoms with Crippen molar-refractivity contribution in [2.45, 2.75) is 18.6 Å². The van der Waals surface area contributed by atoms with Crippen molar-refractivity contribution in [3.63, 3.8) is 0 Å². The number of carboxylic acids is 1. The van der Waals surface area contributed by atoms with Gasteiger partial charge in [-0.2, -0.15) is 0 Å². The van der Waals surface area contributed by atoms with Gasteiger partial charge in [0.2, 0.25) is 5.82 Å². The van der Waals surface area contributed by atoms with Crippen molar-refractivity contribution >= 4 is 11.9 Å². The van der Waals surface area contributed by atoms with E-state index < -0.39 is 17.9 Å². The second-order valence-electron chi connectivity index (χ2n) is 5.25. The number of likely N-dealkylation sites (tertiary alicyclic amines) is 1. The summed E-state index contributed by atoms with van der Waals surface area (Å²) in [5.41, 5.74) is 0.769. The number of methoxy groups -OCH3 is 1. The molecule has 0 spiro atoms. The molecule has 3 rings (SSSR count). The molecule has 2 aromatic rings. The number of rotatable bonds is 4. The number of ether oxygens (including phenoxy) is 1. The molecule has 1 N–H and O–H groups in total. The molecule has 1 aromatic carbocycles. The molecule has 1 aliphatic heterocycles. The van der Waals surface area contributed by atoms with E-state index in [2.05, 4.69) is 10.1 Å². The van der Waals surface area contributed by atoms with Gasteiger partial charge in [-0.25, -0.2) is 14.5 Å². The Kier molecular flexibility index (Phi) is 4.07. The number of aromatic nitrogens is 3. The van der Waals surface area contributed by atoms with Crippen molar-refractivity contribution < 1.29 is 19.4 Å². The number of amides is 1. The molecule has 2 heterocycles. The van der Waals surface area contributed by atoms with Crippen LogP contribution in [-0.4, -0.2) is 62.4 Å². The van der Waals surface area contributed by atoms with Crippen molar-refractivity contribution in [2.75, 3.05) is 13.7 Å². The third-order valence-electron chi connectivity index (χ3n) is 3.85. The van der Waals surface area contributed by atoms with Gasteiger partial charge in [0.15, 0.2) is 0 Å². The van der Waals surface area contributed by atoms with E-state index in [4.69, 9.17) is 4.74 Å². The number of hydrogen-bond donors (Lipinski definition) is 1. The van der Waals surface area contributed by atoms with Crippen LogP contribution < -0.4 is 0 Å². The molecule has 2 atom stereocenters.